The second-order valence-electron chi connectivity index (χ2n) is 4.71. The summed E-state index contributed by atoms with van der Waals surface area (Å²) in [5, 5.41) is 8.66. The lowest BCUT2D eigenvalue weighted by Crippen LogP contribution is -1.91. The van der Waals surface area contributed by atoms with Crippen LogP contribution < -0.4 is 0 Å². The number of hydrogen-bond acceptors (Lipinski definition) is 2. The summed E-state index contributed by atoms with van der Waals surface area (Å²) in [5.41, 5.74) is 1.16. The number of nitrogens with zero attached hydrogens (tertiary/aromatic N) is 1. The van der Waals surface area contributed by atoms with E-state index >= 15 is 0 Å². The van der Waals surface area contributed by atoms with Gasteiger partial charge in [-0.2, -0.15) is 5.26 Å². The van der Waals surface area contributed by atoms with Crippen molar-refractivity contribution in [2.45, 2.75) is 29.6 Å². The first-order valence-corrected chi connectivity index (χ1v) is 7.00. The average molecular weight is 289 g/mol. The maximum absolute atomic E-state index is 13.8. The monoisotopic (exact) mass is 289 g/mol. The summed E-state index contributed by atoms with van der Waals surface area (Å²) in [7, 11) is 0. The van der Waals surface area contributed by atoms with Crippen molar-refractivity contribution < 1.29 is 8.78 Å². The van der Waals surface area contributed by atoms with Gasteiger partial charge in [-0.15, -0.1) is 0 Å². The highest BCUT2D eigenvalue weighted by Crippen LogP contribution is 2.33. The van der Waals surface area contributed by atoms with Crippen LogP contribution in [0.5, 0.6) is 0 Å². The van der Waals surface area contributed by atoms with E-state index in [1.807, 2.05) is 24.3 Å². The minimum atomic E-state index is -0.709. The zero-order valence-corrected chi connectivity index (χ0v) is 12.0. The number of benzene rings is 2. The number of hydrogen-bond donors (Lipinski definition) is 0. The van der Waals surface area contributed by atoms with E-state index in [0.29, 0.717) is 5.92 Å². The summed E-state index contributed by atoms with van der Waals surface area (Å²) in [6.45, 7) is 4.17. The molecular weight excluding hydrogens is 276 g/mol. The van der Waals surface area contributed by atoms with Gasteiger partial charge in [0.2, 0.25) is 0 Å². The fraction of sp³-hybridized carbons (Fsp3) is 0.188. The fourth-order valence-corrected chi connectivity index (χ4v) is 2.58. The Kier molecular flexibility index (Phi) is 4.41. The van der Waals surface area contributed by atoms with Gasteiger partial charge >= 0.3 is 0 Å². The molecule has 0 N–H and O–H groups in total. The molecule has 0 spiro atoms. The summed E-state index contributed by atoms with van der Waals surface area (Å²) >= 11 is 1.02. The molecule has 0 amide bonds. The van der Waals surface area contributed by atoms with Crippen molar-refractivity contribution >= 4 is 11.8 Å². The molecule has 0 fully saturated rings. The van der Waals surface area contributed by atoms with Crippen molar-refractivity contribution in [2.24, 2.45) is 0 Å². The summed E-state index contributed by atoms with van der Waals surface area (Å²) in [6, 6.07) is 11.4. The fourth-order valence-electron chi connectivity index (χ4n) is 1.76. The van der Waals surface area contributed by atoms with Gasteiger partial charge in [-0.05, 0) is 35.7 Å². The lowest BCUT2D eigenvalue weighted by Gasteiger charge is -2.08. The minimum Gasteiger partial charge on any atom is -0.206 e. The maximum Gasteiger partial charge on any atom is 0.141 e. The Balaban J connectivity index is 2.28. The smallest absolute Gasteiger partial charge is 0.141 e. The molecule has 102 valence electrons. The second kappa shape index (κ2) is 6.06. The molecule has 0 aromatic heterocycles. The van der Waals surface area contributed by atoms with Crippen LogP contribution in [0.1, 0.15) is 30.9 Å². The molecule has 0 aliphatic rings. The molecule has 2 aromatic rings. The lowest BCUT2D eigenvalue weighted by atomic mass is 10.0. The highest BCUT2D eigenvalue weighted by Gasteiger charge is 2.13. The van der Waals surface area contributed by atoms with Gasteiger partial charge < -0.3 is 0 Å². The molecule has 0 atom stereocenters. The molecule has 0 unspecified atom stereocenters. The SMILES string of the molecule is CC(C)c1ccc(Sc2c(F)cc(C#N)cc2F)cc1. The molecule has 0 radical (unpaired) electrons. The van der Waals surface area contributed by atoms with Crippen LogP contribution in [0.15, 0.2) is 46.2 Å². The standard InChI is InChI=1S/C16H13F2NS/c1-10(2)12-3-5-13(6-4-12)20-16-14(17)7-11(9-19)8-15(16)18/h3-8,10H,1-2H3. The molecule has 0 heterocycles. The van der Waals surface area contributed by atoms with E-state index in [1.165, 1.54) is 5.56 Å². The molecule has 0 aliphatic heterocycles. The highest BCUT2D eigenvalue weighted by atomic mass is 32.2. The van der Waals surface area contributed by atoms with Gasteiger partial charge in [0.05, 0.1) is 16.5 Å². The second-order valence-corrected chi connectivity index (χ2v) is 5.79. The predicted molar refractivity (Wildman–Crippen MR) is 75.7 cm³/mol. The van der Waals surface area contributed by atoms with Crippen molar-refractivity contribution in [1.82, 2.24) is 0 Å². The Morgan fingerprint density at radius 2 is 1.60 bits per heavy atom. The van der Waals surface area contributed by atoms with Gasteiger partial charge in [-0.3, -0.25) is 0 Å². The first kappa shape index (κ1) is 14.5. The van der Waals surface area contributed by atoms with Gasteiger partial charge in [-0.1, -0.05) is 37.7 Å². The molecule has 0 aliphatic carbocycles. The van der Waals surface area contributed by atoms with Crippen molar-refractivity contribution in [1.29, 1.82) is 5.26 Å². The quantitative estimate of drug-likeness (QED) is 0.784. The zero-order chi connectivity index (χ0) is 14.7. The van der Waals surface area contributed by atoms with E-state index in [-0.39, 0.29) is 10.5 Å². The van der Waals surface area contributed by atoms with Crippen molar-refractivity contribution in [3.8, 4) is 6.07 Å². The third-order valence-corrected chi connectivity index (χ3v) is 4.00. The predicted octanol–water partition coefficient (Wildman–Crippen LogP) is 5.11. The summed E-state index contributed by atoms with van der Waals surface area (Å²) in [4.78, 5) is 0.679. The third kappa shape index (κ3) is 3.17. The van der Waals surface area contributed by atoms with Crippen molar-refractivity contribution in [2.75, 3.05) is 0 Å². The molecule has 0 saturated carbocycles. The molecule has 1 nitrogen and oxygen atoms in total. The van der Waals surface area contributed by atoms with Crippen molar-refractivity contribution in [3.63, 3.8) is 0 Å². The van der Waals surface area contributed by atoms with Crippen LogP contribution in [0.3, 0.4) is 0 Å². The van der Waals surface area contributed by atoms with E-state index in [4.69, 9.17) is 5.26 Å². The normalized spacial score (nSPS) is 10.6. The Bertz CT molecular complexity index is 634. The summed E-state index contributed by atoms with van der Waals surface area (Å²) in [6.07, 6.45) is 0. The molecular formula is C16H13F2NS. The van der Waals surface area contributed by atoms with Gasteiger partial charge in [0.1, 0.15) is 11.6 Å². The topological polar surface area (TPSA) is 23.8 Å². The van der Waals surface area contributed by atoms with Crippen LogP contribution in [0.4, 0.5) is 8.78 Å². The van der Waals surface area contributed by atoms with Crippen LogP contribution >= 0.6 is 11.8 Å². The van der Waals surface area contributed by atoms with E-state index < -0.39 is 11.6 Å². The van der Waals surface area contributed by atoms with E-state index in [1.54, 1.807) is 6.07 Å². The molecule has 0 saturated heterocycles. The van der Waals surface area contributed by atoms with E-state index in [0.717, 1.165) is 28.8 Å². The number of nitriles is 1. The Labute approximate surface area is 121 Å². The molecule has 0 bridgehead atoms. The van der Waals surface area contributed by atoms with Crippen LogP contribution in [-0.4, -0.2) is 0 Å². The van der Waals surface area contributed by atoms with Crippen molar-refractivity contribution in [3.05, 3.63) is 59.2 Å². The van der Waals surface area contributed by atoms with Gasteiger partial charge in [0.15, 0.2) is 0 Å². The third-order valence-electron chi connectivity index (χ3n) is 2.89. The Morgan fingerprint density at radius 1 is 1.05 bits per heavy atom. The van der Waals surface area contributed by atoms with E-state index in [2.05, 4.69) is 13.8 Å². The Hall–Kier alpha value is -1.86. The first-order chi connectivity index (χ1) is 9.51. The summed E-state index contributed by atoms with van der Waals surface area (Å²) < 4.78 is 27.6. The molecule has 4 heteroatoms. The maximum atomic E-state index is 13.8. The van der Waals surface area contributed by atoms with E-state index in [9.17, 15) is 8.78 Å². The Morgan fingerprint density at radius 3 is 2.05 bits per heavy atom. The zero-order valence-electron chi connectivity index (χ0n) is 11.2. The molecule has 20 heavy (non-hydrogen) atoms. The number of rotatable bonds is 3. The van der Waals surface area contributed by atoms with Gasteiger partial charge in [0.25, 0.3) is 0 Å². The molecule has 2 aromatic carbocycles. The minimum absolute atomic E-state index is 0.0143. The highest BCUT2D eigenvalue weighted by molar-refractivity contribution is 7.99. The van der Waals surface area contributed by atoms with Crippen LogP contribution in [-0.2, 0) is 0 Å². The van der Waals surface area contributed by atoms with Crippen LogP contribution in [0.2, 0.25) is 0 Å². The van der Waals surface area contributed by atoms with Crippen LogP contribution in [0.25, 0.3) is 0 Å². The molecule has 2 rings (SSSR count). The average Bonchev–Trinajstić information content (AvgIpc) is 2.43. The van der Waals surface area contributed by atoms with Crippen LogP contribution in [0, 0.1) is 23.0 Å². The number of halogens is 2. The largest absolute Gasteiger partial charge is 0.206 e. The lowest BCUT2D eigenvalue weighted by molar-refractivity contribution is 0.540. The van der Waals surface area contributed by atoms with Gasteiger partial charge in [-0.25, -0.2) is 8.78 Å². The van der Waals surface area contributed by atoms with Gasteiger partial charge in [0, 0.05) is 4.90 Å². The summed E-state index contributed by atoms with van der Waals surface area (Å²) in [5.74, 6) is -1.00. The first-order valence-electron chi connectivity index (χ1n) is 6.18.